The van der Waals surface area contributed by atoms with Gasteiger partial charge >= 0.3 is 0 Å². The summed E-state index contributed by atoms with van der Waals surface area (Å²) in [6.45, 7) is 3.50. The molecule has 0 N–H and O–H groups in total. The van der Waals surface area contributed by atoms with Crippen LogP contribution in [0.15, 0.2) is 45.3 Å². The number of benzene rings is 2. The van der Waals surface area contributed by atoms with E-state index in [1.54, 1.807) is 12.1 Å². The Hall–Kier alpha value is -1.13. The summed E-state index contributed by atoms with van der Waals surface area (Å²) < 4.78 is 7.66. The second kappa shape index (κ2) is 5.88. The Morgan fingerprint density at radius 1 is 1.00 bits per heavy atom. The zero-order valence-corrected chi connectivity index (χ0v) is 13.7. The number of aryl methyl sites for hydroxylation is 1. The minimum atomic E-state index is -0.0241. The minimum Gasteiger partial charge on any atom is -0.456 e. The molecule has 2 aromatic rings. The summed E-state index contributed by atoms with van der Waals surface area (Å²) in [5, 5.41) is 0. The average molecular weight is 384 g/mol. The molecule has 19 heavy (non-hydrogen) atoms. The first-order chi connectivity index (χ1) is 8.97. The molecular weight excluding hydrogens is 372 g/mol. The molecule has 98 valence electrons. The molecule has 0 atom stereocenters. The molecular formula is C15H12Br2O2. The quantitative estimate of drug-likeness (QED) is 0.652. The van der Waals surface area contributed by atoms with Gasteiger partial charge in [0.25, 0.3) is 0 Å². The number of ketones is 1. The highest BCUT2D eigenvalue weighted by molar-refractivity contribution is 9.10. The summed E-state index contributed by atoms with van der Waals surface area (Å²) in [5.74, 6) is 1.28. The van der Waals surface area contributed by atoms with Crippen molar-refractivity contribution in [2.24, 2.45) is 0 Å². The van der Waals surface area contributed by atoms with Gasteiger partial charge in [0.1, 0.15) is 11.5 Å². The Balaban J connectivity index is 2.43. The van der Waals surface area contributed by atoms with Crippen molar-refractivity contribution in [3.8, 4) is 11.5 Å². The second-order valence-electron chi connectivity index (χ2n) is 4.21. The van der Waals surface area contributed by atoms with Gasteiger partial charge in [-0.3, -0.25) is 4.79 Å². The number of carbonyl (C=O) groups is 1. The van der Waals surface area contributed by atoms with Crippen LogP contribution in [0, 0.1) is 6.92 Å². The first-order valence-corrected chi connectivity index (χ1v) is 7.30. The molecule has 2 aromatic carbocycles. The summed E-state index contributed by atoms with van der Waals surface area (Å²) >= 11 is 6.78. The smallest absolute Gasteiger partial charge is 0.163 e. The molecule has 0 aliphatic heterocycles. The lowest BCUT2D eigenvalue weighted by Gasteiger charge is -2.12. The largest absolute Gasteiger partial charge is 0.456 e. The number of ether oxygens (including phenoxy) is 1. The van der Waals surface area contributed by atoms with Crippen LogP contribution in [-0.2, 0) is 0 Å². The monoisotopic (exact) mass is 382 g/mol. The number of rotatable bonds is 3. The summed E-state index contributed by atoms with van der Waals surface area (Å²) in [6, 6.07) is 11.2. The Morgan fingerprint density at radius 2 is 1.63 bits per heavy atom. The molecule has 0 saturated heterocycles. The van der Waals surface area contributed by atoms with Crippen molar-refractivity contribution in [2.45, 2.75) is 13.8 Å². The van der Waals surface area contributed by atoms with Crippen LogP contribution in [0.3, 0.4) is 0 Å². The Labute approximate surface area is 129 Å². The van der Waals surface area contributed by atoms with Gasteiger partial charge in [0.05, 0.1) is 5.56 Å². The molecule has 0 unspecified atom stereocenters. The zero-order valence-electron chi connectivity index (χ0n) is 10.5. The number of carbonyl (C=O) groups excluding carboxylic acids is 1. The molecule has 0 fully saturated rings. The van der Waals surface area contributed by atoms with Crippen molar-refractivity contribution < 1.29 is 9.53 Å². The van der Waals surface area contributed by atoms with E-state index in [0.717, 1.165) is 20.3 Å². The van der Waals surface area contributed by atoms with Gasteiger partial charge < -0.3 is 4.74 Å². The van der Waals surface area contributed by atoms with E-state index in [2.05, 4.69) is 31.9 Å². The normalized spacial score (nSPS) is 10.3. The van der Waals surface area contributed by atoms with Crippen molar-refractivity contribution >= 4 is 37.6 Å². The first kappa shape index (κ1) is 14.3. The lowest BCUT2D eigenvalue weighted by Crippen LogP contribution is -1.98. The molecule has 4 heteroatoms. The van der Waals surface area contributed by atoms with Crippen LogP contribution < -0.4 is 4.74 Å². The van der Waals surface area contributed by atoms with E-state index in [9.17, 15) is 4.79 Å². The van der Waals surface area contributed by atoms with E-state index in [1.807, 2.05) is 31.2 Å². The van der Waals surface area contributed by atoms with E-state index in [1.165, 1.54) is 6.92 Å². The van der Waals surface area contributed by atoms with Gasteiger partial charge in [-0.2, -0.15) is 0 Å². The molecule has 0 aromatic heterocycles. The topological polar surface area (TPSA) is 26.3 Å². The first-order valence-electron chi connectivity index (χ1n) is 5.72. The molecule has 0 aliphatic rings. The third-order valence-corrected chi connectivity index (χ3v) is 3.68. The van der Waals surface area contributed by atoms with Gasteiger partial charge in [-0.1, -0.05) is 37.9 Å². The van der Waals surface area contributed by atoms with Gasteiger partial charge in [0.15, 0.2) is 5.78 Å². The Bertz CT molecular complexity index is 636. The van der Waals surface area contributed by atoms with Gasteiger partial charge in [-0.05, 0) is 49.7 Å². The predicted molar refractivity (Wildman–Crippen MR) is 83.1 cm³/mol. The average Bonchev–Trinajstić information content (AvgIpc) is 2.35. The van der Waals surface area contributed by atoms with Crippen LogP contribution in [0.1, 0.15) is 22.8 Å². The zero-order chi connectivity index (χ0) is 14.0. The van der Waals surface area contributed by atoms with Gasteiger partial charge in [-0.15, -0.1) is 0 Å². The van der Waals surface area contributed by atoms with Crippen LogP contribution in [0.25, 0.3) is 0 Å². The summed E-state index contributed by atoms with van der Waals surface area (Å²) in [6.07, 6.45) is 0. The highest BCUT2D eigenvalue weighted by Crippen LogP contribution is 2.31. The standard InChI is InChI=1S/C15H12Br2O2/c1-9-3-4-12(17)8-15(9)19-14-6-5-11(16)7-13(14)10(2)18/h3-8H,1-2H3. The summed E-state index contributed by atoms with van der Waals surface area (Å²) in [5.41, 5.74) is 1.58. The fourth-order valence-electron chi connectivity index (χ4n) is 1.67. The molecule has 0 spiro atoms. The number of hydrogen-bond donors (Lipinski definition) is 0. The van der Waals surface area contributed by atoms with E-state index in [0.29, 0.717) is 11.3 Å². The lowest BCUT2D eigenvalue weighted by atomic mass is 10.1. The van der Waals surface area contributed by atoms with Crippen molar-refractivity contribution in [3.05, 3.63) is 56.5 Å². The van der Waals surface area contributed by atoms with Crippen molar-refractivity contribution in [2.75, 3.05) is 0 Å². The van der Waals surface area contributed by atoms with Crippen LogP contribution in [0.2, 0.25) is 0 Å². The van der Waals surface area contributed by atoms with E-state index in [-0.39, 0.29) is 5.78 Å². The molecule has 0 aliphatic carbocycles. The van der Waals surface area contributed by atoms with Gasteiger partial charge in [0.2, 0.25) is 0 Å². The molecule has 2 nitrogen and oxygen atoms in total. The Morgan fingerprint density at radius 3 is 2.32 bits per heavy atom. The third-order valence-electron chi connectivity index (χ3n) is 2.69. The second-order valence-corrected chi connectivity index (χ2v) is 6.04. The molecule has 0 saturated carbocycles. The SMILES string of the molecule is CC(=O)c1cc(Br)ccc1Oc1cc(Br)ccc1C. The Kier molecular flexibility index (Phi) is 4.42. The van der Waals surface area contributed by atoms with Crippen molar-refractivity contribution in [3.63, 3.8) is 0 Å². The van der Waals surface area contributed by atoms with Crippen molar-refractivity contribution in [1.29, 1.82) is 0 Å². The summed E-state index contributed by atoms with van der Waals surface area (Å²) in [7, 11) is 0. The molecule has 0 radical (unpaired) electrons. The molecule has 2 rings (SSSR count). The molecule has 0 bridgehead atoms. The van der Waals surface area contributed by atoms with Crippen LogP contribution >= 0.6 is 31.9 Å². The molecule has 0 amide bonds. The summed E-state index contributed by atoms with van der Waals surface area (Å²) in [4.78, 5) is 11.7. The fraction of sp³-hybridized carbons (Fsp3) is 0.133. The maximum Gasteiger partial charge on any atom is 0.163 e. The van der Waals surface area contributed by atoms with Gasteiger partial charge in [-0.25, -0.2) is 0 Å². The van der Waals surface area contributed by atoms with Crippen LogP contribution in [-0.4, -0.2) is 5.78 Å². The van der Waals surface area contributed by atoms with Crippen LogP contribution in [0.4, 0.5) is 0 Å². The predicted octanol–water partition coefficient (Wildman–Crippen LogP) is 5.51. The molecule has 0 heterocycles. The van der Waals surface area contributed by atoms with E-state index in [4.69, 9.17) is 4.74 Å². The number of halogens is 2. The highest BCUT2D eigenvalue weighted by atomic mass is 79.9. The minimum absolute atomic E-state index is 0.0241. The maximum absolute atomic E-state index is 11.7. The highest BCUT2D eigenvalue weighted by Gasteiger charge is 2.11. The lowest BCUT2D eigenvalue weighted by molar-refractivity contribution is 0.101. The maximum atomic E-state index is 11.7. The van der Waals surface area contributed by atoms with E-state index >= 15 is 0 Å². The fourth-order valence-corrected chi connectivity index (χ4v) is 2.37. The number of hydrogen-bond acceptors (Lipinski definition) is 2. The van der Waals surface area contributed by atoms with Crippen LogP contribution in [0.5, 0.6) is 11.5 Å². The number of Topliss-reactive ketones (excluding diaryl/α,β-unsaturated/α-hetero) is 1. The van der Waals surface area contributed by atoms with E-state index < -0.39 is 0 Å². The van der Waals surface area contributed by atoms with Gasteiger partial charge in [0, 0.05) is 8.95 Å². The third kappa shape index (κ3) is 3.45. The van der Waals surface area contributed by atoms with Crippen molar-refractivity contribution in [1.82, 2.24) is 0 Å².